The minimum Gasteiger partial charge on any atom is -0.494 e. The van der Waals surface area contributed by atoms with E-state index in [1.165, 1.54) is 6.07 Å². The van der Waals surface area contributed by atoms with E-state index in [0.29, 0.717) is 22.6 Å². The number of aromatic amines is 1. The maximum absolute atomic E-state index is 11.2. The standard InChI is InChI=1S/C13H14N2O3S.C2H6/c1-4-9(19-3)12-14-10-7(13(16)17)5-6-8(18-2)11(10)15-12;1-2/h4-6H,1-3H3,(H,14,15)(H,16,17);1-2H3/b9-4-;. The molecular weight excluding hydrogens is 288 g/mol. The zero-order valence-electron chi connectivity index (χ0n) is 12.9. The lowest BCUT2D eigenvalue weighted by molar-refractivity contribution is 0.0699. The first-order valence-electron chi connectivity index (χ1n) is 6.63. The fraction of sp³-hybridized carbons (Fsp3) is 0.333. The number of methoxy groups -OCH3 is 1. The number of rotatable bonds is 4. The predicted octanol–water partition coefficient (Wildman–Crippen LogP) is 4.02. The highest BCUT2D eigenvalue weighted by Gasteiger charge is 2.17. The summed E-state index contributed by atoms with van der Waals surface area (Å²) < 4.78 is 5.23. The van der Waals surface area contributed by atoms with Crippen molar-refractivity contribution in [1.29, 1.82) is 0 Å². The van der Waals surface area contributed by atoms with Gasteiger partial charge in [-0.1, -0.05) is 19.9 Å². The molecule has 0 atom stereocenters. The molecule has 114 valence electrons. The molecule has 6 heteroatoms. The number of fused-ring (bicyclic) bond motifs is 1. The molecule has 2 N–H and O–H groups in total. The minimum absolute atomic E-state index is 0.162. The number of thioether (sulfide) groups is 1. The molecule has 0 unspecified atom stereocenters. The van der Waals surface area contributed by atoms with Gasteiger partial charge in [0.1, 0.15) is 22.6 Å². The number of aromatic nitrogens is 2. The van der Waals surface area contributed by atoms with E-state index in [1.54, 1.807) is 24.9 Å². The highest BCUT2D eigenvalue weighted by Crippen LogP contribution is 2.31. The highest BCUT2D eigenvalue weighted by atomic mass is 32.2. The Bertz CT molecular complexity index is 662. The summed E-state index contributed by atoms with van der Waals surface area (Å²) in [5, 5.41) is 9.19. The summed E-state index contributed by atoms with van der Waals surface area (Å²) in [6, 6.07) is 3.13. The Morgan fingerprint density at radius 3 is 2.57 bits per heavy atom. The van der Waals surface area contributed by atoms with Crippen molar-refractivity contribution < 1.29 is 14.6 Å². The average Bonchev–Trinajstić information content (AvgIpc) is 2.94. The summed E-state index contributed by atoms with van der Waals surface area (Å²) in [5.41, 5.74) is 1.18. The fourth-order valence-corrected chi connectivity index (χ4v) is 2.40. The average molecular weight is 308 g/mol. The largest absolute Gasteiger partial charge is 0.494 e. The summed E-state index contributed by atoms with van der Waals surface area (Å²) in [4.78, 5) is 19.7. The summed E-state index contributed by atoms with van der Waals surface area (Å²) >= 11 is 1.55. The normalized spacial score (nSPS) is 11.0. The molecule has 5 nitrogen and oxygen atoms in total. The summed E-state index contributed by atoms with van der Waals surface area (Å²) in [6.45, 7) is 5.91. The zero-order valence-corrected chi connectivity index (χ0v) is 13.7. The Hall–Kier alpha value is -1.95. The molecule has 0 radical (unpaired) electrons. The van der Waals surface area contributed by atoms with Crippen molar-refractivity contribution in [3.8, 4) is 5.75 Å². The first kappa shape index (κ1) is 17.1. The number of ether oxygens (including phenoxy) is 1. The molecule has 0 bridgehead atoms. The van der Waals surface area contributed by atoms with E-state index in [4.69, 9.17) is 4.74 Å². The van der Waals surface area contributed by atoms with Crippen LogP contribution in [0.15, 0.2) is 18.2 Å². The van der Waals surface area contributed by atoms with Crippen LogP contribution < -0.4 is 4.74 Å². The van der Waals surface area contributed by atoms with Gasteiger partial charge in [-0.05, 0) is 25.3 Å². The van der Waals surface area contributed by atoms with E-state index in [9.17, 15) is 9.90 Å². The van der Waals surface area contributed by atoms with Gasteiger partial charge in [0.2, 0.25) is 0 Å². The Labute approximate surface area is 128 Å². The quantitative estimate of drug-likeness (QED) is 0.892. The van der Waals surface area contributed by atoms with Crippen LogP contribution in [0, 0.1) is 0 Å². The lowest BCUT2D eigenvalue weighted by Crippen LogP contribution is -1.98. The van der Waals surface area contributed by atoms with Crippen molar-refractivity contribution in [2.45, 2.75) is 20.8 Å². The molecule has 2 rings (SSSR count). The molecule has 0 fully saturated rings. The lowest BCUT2D eigenvalue weighted by atomic mass is 10.2. The Balaban J connectivity index is 0.00000106. The second kappa shape index (κ2) is 7.73. The number of hydrogen-bond acceptors (Lipinski definition) is 4. The maximum Gasteiger partial charge on any atom is 0.337 e. The summed E-state index contributed by atoms with van der Waals surface area (Å²) in [5.74, 6) is 0.226. The third-order valence-electron chi connectivity index (χ3n) is 2.77. The molecule has 0 saturated carbocycles. The van der Waals surface area contributed by atoms with Crippen LogP contribution in [-0.2, 0) is 0 Å². The molecule has 0 spiro atoms. The molecule has 0 aliphatic heterocycles. The molecule has 21 heavy (non-hydrogen) atoms. The van der Waals surface area contributed by atoms with Crippen LogP contribution in [0.3, 0.4) is 0 Å². The van der Waals surface area contributed by atoms with Crippen molar-refractivity contribution in [3.05, 3.63) is 29.6 Å². The van der Waals surface area contributed by atoms with Gasteiger partial charge in [0, 0.05) is 4.91 Å². The van der Waals surface area contributed by atoms with Crippen molar-refractivity contribution in [2.75, 3.05) is 13.4 Å². The van der Waals surface area contributed by atoms with E-state index in [2.05, 4.69) is 9.97 Å². The van der Waals surface area contributed by atoms with Crippen LogP contribution in [-0.4, -0.2) is 34.4 Å². The number of nitrogens with one attached hydrogen (secondary N) is 1. The SMILES string of the molecule is C/C=C(\SC)c1nc2c(C(=O)O)ccc(OC)c2[nH]1.CC. The van der Waals surface area contributed by atoms with Crippen molar-refractivity contribution in [3.63, 3.8) is 0 Å². The van der Waals surface area contributed by atoms with Crippen LogP contribution in [0.25, 0.3) is 15.9 Å². The Morgan fingerprint density at radius 1 is 1.43 bits per heavy atom. The maximum atomic E-state index is 11.2. The van der Waals surface area contributed by atoms with Gasteiger partial charge < -0.3 is 14.8 Å². The number of benzene rings is 1. The number of hydrogen-bond donors (Lipinski definition) is 2. The second-order valence-corrected chi connectivity index (χ2v) is 4.63. The van der Waals surface area contributed by atoms with Crippen molar-refractivity contribution in [2.24, 2.45) is 0 Å². The molecule has 1 aromatic heterocycles. The number of H-pyrrole nitrogens is 1. The number of allylic oxidation sites excluding steroid dienone is 1. The molecule has 1 aromatic carbocycles. The molecule has 0 aliphatic rings. The first-order valence-corrected chi connectivity index (χ1v) is 7.85. The van der Waals surface area contributed by atoms with Gasteiger partial charge in [-0.25, -0.2) is 9.78 Å². The molecule has 0 aliphatic carbocycles. The van der Waals surface area contributed by atoms with E-state index >= 15 is 0 Å². The molecule has 0 saturated heterocycles. The molecular formula is C15H20N2O3S. The number of aromatic carboxylic acids is 1. The Kier molecular flexibility index (Phi) is 6.30. The van der Waals surface area contributed by atoms with E-state index in [0.717, 1.165) is 4.91 Å². The number of carbonyl (C=O) groups is 1. The summed E-state index contributed by atoms with van der Waals surface area (Å²) in [6.07, 6.45) is 3.87. The van der Waals surface area contributed by atoms with E-state index in [1.807, 2.05) is 33.1 Å². The molecule has 0 amide bonds. The third-order valence-corrected chi connectivity index (χ3v) is 3.64. The van der Waals surface area contributed by atoms with Gasteiger partial charge in [0.25, 0.3) is 0 Å². The highest BCUT2D eigenvalue weighted by molar-refractivity contribution is 8.07. The van der Waals surface area contributed by atoms with Crippen LogP contribution in [0.5, 0.6) is 5.75 Å². The van der Waals surface area contributed by atoms with Crippen LogP contribution in [0.4, 0.5) is 0 Å². The second-order valence-electron chi connectivity index (χ2n) is 3.79. The van der Waals surface area contributed by atoms with Gasteiger partial charge in [0.15, 0.2) is 0 Å². The fourth-order valence-electron chi connectivity index (χ4n) is 1.88. The zero-order chi connectivity index (χ0) is 16.0. The van der Waals surface area contributed by atoms with E-state index in [-0.39, 0.29) is 5.56 Å². The van der Waals surface area contributed by atoms with Gasteiger partial charge in [-0.3, -0.25) is 0 Å². The smallest absolute Gasteiger partial charge is 0.337 e. The third kappa shape index (κ3) is 3.39. The number of nitrogens with zero attached hydrogens (tertiary/aromatic N) is 1. The van der Waals surface area contributed by atoms with Gasteiger partial charge in [-0.2, -0.15) is 0 Å². The van der Waals surface area contributed by atoms with Gasteiger partial charge >= 0.3 is 5.97 Å². The lowest BCUT2D eigenvalue weighted by Gasteiger charge is -2.02. The van der Waals surface area contributed by atoms with Crippen molar-refractivity contribution in [1.82, 2.24) is 9.97 Å². The first-order chi connectivity index (χ1) is 10.1. The van der Waals surface area contributed by atoms with Crippen LogP contribution in [0.1, 0.15) is 37.0 Å². The topological polar surface area (TPSA) is 75.2 Å². The minimum atomic E-state index is -1.00. The summed E-state index contributed by atoms with van der Waals surface area (Å²) in [7, 11) is 1.54. The molecule has 1 heterocycles. The molecule has 2 aromatic rings. The number of carboxylic acid groups (broad SMARTS) is 1. The van der Waals surface area contributed by atoms with Crippen molar-refractivity contribution >= 4 is 33.7 Å². The predicted molar refractivity (Wildman–Crippen MR) is 88.1 cm³/mol. The number of imidazole rings is 1. The van der Waals surface area contributed by atoms with E-state index < -0.39 is 5.97 Å². The monoisotopic (exact) mass is 308 g/mol. The number of carboxylic acids is 1. The van der Waals surface area contributed by atoms with Gasteiger partial charge in [0.05, 0.1) is 12.7 Å². The van der Waals surface area contributed by atoms with Crippen LogP contribution >= 0.6 is 11.8 Å². The van der Waals surface area contributed by atoms with Gasteiger partial charge in [-0.15, -0.1) is 11.8 Å². The Morgan fingerprint density at radius 2 is 2.10 bits per heavy atom. The van der Waals surface area contributed by atoms with Crippen LogP contribution in [0.2, 0.25) is 0 Å².